The van der Waals surface area contributed by atoms with Crippen LogP contribution in [-0.4, -0.2) is 18.1 Å². The number of para-hydroxylation sites is 1. The summed E-state index contributed by atoms with van der Waals surface area (Å²) in [5.41, 5.74) is 1.16. The van der Waals surface area contributed by atoms with Crippen LogP contribution in [0.1, 0.15) is 17.8 Å². The third-order valence-corrected chi connectivity index (χ3v) is 4.26. The van der Waals surface area contributed by atoms with Crippen molar-refractivity contribution < 1.29 is 0 Å². The summed E-state index contributed by atoms with van der Waals surface area (Å²) in [4.78, 5) is 4.70. The van der Waals surface area contributed by atoms with Gasteiger partial charge in [-0.2, -0.15) is 0 Å². The van der Waals surface area contributed by atoms with Gasteiger partial charge < -0.3 is 5.32 Å². The molecule has 1 saturated heterocycles. The van der Waals surface area contributed by atoms with E-state index in [0.717, 1.165) is 24.4 Å². The highest BCUT2D eigenvalue weighted by Gasteiger charge is 2.15. The maximum Gasteiger partial charge on any atom is 0.0941 e. The van der Waals surface area contributed by atoms with Crippen LogP contribution in [-0.2, 0) is 6.42 Å². The van der Waals surface area contributed by atoms with Crippen LogP contribution in [0.25, 0.3) is 10.2 Å². The van der Waals surface area contributed by atoms with Crippen LogP contribution in [0.2, 0.25) is 0 Å². The summed E-state index contributed by atoms with van der Waals surface area (Å²) in [6.45, 7) is 2.35. The van der Waals surface area contributed by atoms with Crippen LogP contribution in [0.3, 0.4) is 0 Å². The highest BCUT2D eigenvalue weighted by molar-refractivity contribution is 7.18. The molecule has 1 atom stereocenters. The lowest BCUT2D eigenvalue weighted by Crippen LogP contribution is -2.30. The molecule has 1 fully saturated rings. The smallest absolute Gasteiger partial charge is 0.0941 e. The Morgan fingerprint density at radius 1 is 1.38 bits per heavy atom. The van der Waals surface area contributed by atoms with Crippen molar-refractivity contribution in [3.63, 3.8) is 0 Å². The second-order valence-corrected chi connectivity index (χ2v) is 5.61. The van der Waals surface area contributed by atoms with Crippen LogP contribution in [0, 0.1) is 5.92 Å². The monoisotopic (exact) mass is 232 g/mol. The summed E-state index contributed by atoms with van der Waals surface area (Å²) in [5.74, 6) is 0.786. The molecule has 2 aromatic rings. The van der Waals surface area contributed by atoms with E-state index in [1.165, 1.54) is 29.1 Å². The van der Waals surface area contributed by atoms with Crippen LogP contribution >= 0.6 is 11.3 Å². The number of piperidine rings is 1. The highest BCUT2D eigenvalue weighted by atomic mass is 32.1. The fraction of sp³-hybridized carbons (Fsp3) is 0.462. The first-order valence-electron chi connectivity index (χ1n) is 5.97. The van der Waals surface area contributed by atoms with Crippen molar-refractivity contribution in [3.05, 3.63) is 29.3 Å². The third kappa shape index (κ3) is 2.11. The minimum atomic E-state index is 0.786. The average Bonchev–Trinajstić information content (AvgIpc) is 2.72. The van der Waals surface area contributed by atoms with Crippen molar-refractivity contribution in [3.8, 4) is 0 Å². The van der Waals surface area contributed by atoms with Crippen LogP contribution in [0.15, 0.2) is 24.3 Å². The van der Waals surface area contributed by atoms with Gasteiger partial charge in [-0.05, 0) is 44.0 Å². The maximum atomic E-state index is 4.70. The molecular formula is C13H16N2S. The molecule has 0 bridgehead atoms. The molecule has 2 heterocycles. The van der Waals surface area contributed by atoms with Gasteiger partial charge in [0.15, 0.2) is 0 Å². The number of hydrogen-bond acceptors (Lipinski definition) is 3. The number of nitrogens with zero attached hydrogens (tertiary/aromatic N) is 1. The fourth-order valence-electron chi connectivity index (χ4n) is 2.35. The van der Waals surface area contributed by atoms with Crippen LogP contribution < -0.4 is 5.32 Å². The van der Waals surface area contributed by atoms with Crippen LogP contribution in [0.4, 0.5) is 0 Å². The summed E-state index contributed by atoms with van der Waals surface area (Å²) in [6.07, 6.45) is 3.81. The van der Waals surface area contributed by atoms with Gasteiger partial charge in [0.1, 0.15) is 0 Å². The van der Waals surface area contributed by atoms with Gasteiger partial charge in [0.05, 0.1) is 15.2 Å². The van der Waals surface area contributed by atoms with E-state index in [9.17, 15) is 0 Å². The molecule has 0 amide bonds. The summed E-state index contributed by atoms with van der Waals surface area (Å²) in [7, 11) is 0. The zero-order valence-electron chi connectivity index (χ0n) is 9.28. The van der Waals surface area contributed by atoms with E-state index in [0.29, 0.717) is 0 Å². The molecule has 1 aliphatic rings. The van der Waals surface area contributed by atoms with Crippen molar-refractivity contribution >= 4 is 21.6 Å². The Kier molecular flexibility index (Phi) is 2.89. The van der Waals surface area contributed by atoms with E-state index >= 15 is 0 Å². The van der Waals surface area contributed by atoms with E-state index in [1.54, 1.807) is 0 Å². The lowest BCUT2D eigenvalue weighted by atomic mass is 9.97. The van der Waals surface area contributed by atoms with E-state index in [-0.39, 0.29) is 0 Å². The molecule has 3 heteroatoms. The Morgan fingerprint density at radius 3 is 3.12 bits per heavy atom. The Balaban J connectivity index is 1.78. The summed E-state index contributed by atoms with van der Waals surface area (Å²) < 4.78 is 1.32. The van der Waals surface area contributed by atoms with Crippen molar-refractivity contribution in [2.24, 2.45) is 5.92 Å². The van der Waals surface area contributed by atoms with Gasteiger partial charge in [-0.25, -0.2) is 4.98 Å². The van der Waals surface area contributed by atoms with Crippen molar-refractivity contribution in [2.45, 2.75) is 19.3 Å². The molecule has 2 nitrogen and oxygen atoms in total. The number of nitrogens with one attached hydrogen (secondary N) is 1. The molecule has 0 saturated carbocycles. The summed E-state index contributed by atoms with van der Waals surface area (Å²) in [6, 6.07) is 8.42. The Morgan fingerprint density at radius 2 is 2.31 bits per heavy atom. The van der Waals surface area contributed by atoms with Gasteiger partial charge in [-0.1, -0.05) is 12.1 Å². The van der Waals surface area contributed by atoms with E-state index < -0.39 is 0 Å². The second kappa shape index (κ2) is 4.52. The van der Waals surface area contributed by atoms with Crippen molar-refractivity contribution in [2.75, 3.05) is 13.1 Å². The largest absolute Gasteiger partial charge is 0.316 e. The molecular weight excluding hydrogens is 216 g/mol. The lowest BCUT2D eigenvalue weighted by Gasteiger charge is -2.21. The molecule has 0 spiro atoms. The summed E-state index contributed by atoms with van der Waals surface area (Å²) in [5, 5.41) is 4.77. The number of benzene rings is 1. The minimum Gasteiger partial charge on any atom is -0.316 e. The first-order valence-corrected chi connectivity index (χ1v) is 6.78. The zero-order chi connectivity index (χ0) is 10.8. The fourth-order valence-corrected chi connectivity index (χ4v) is 3.43. The molecule has 1 aromatic carbocycles. The van der Waals surface area contributed by atoms with Gasteiger partial charge in [-0.3, -0.25) is 0 Å². The molecule has 84 valence electrons. The minimum absolute atomic E-state index is 0.786. The first-order chi connectivity index (χ1) is 7.92. The Labute approximate surface area is 99.7 Å². The molecule has 1 aromatic heterocycles. The molecule has 1 aliphatic heterocycles. The first kappa shape index (κ1) is 10.2. The number of aromatic nitrogens is 1. The van der Waals surface area contributed by atoms with Crippen LogP contribution in [0.5, 0.6) is 0 Å². The van der Waals surface area contributed by atoms with Gasteiger partial charge >= 0.3 is 0 Å². The van der Waals surface area contributed by atoms with E-state index in [2.05, 4.69) is 29.6 Å². The third-order valence-electron chi connectivity index (χ3n) is 3.20. The van der Waals surface area contributed by atoms with Gasteiger partial charge in [0.25, 0.3) is 0 Å². The van der Waals surface area contributed by atoms with E-state index in [4.69, 9.17) is 4.98 Å². The average molecular weight is 232 g/mol. The van der Waals surface area contributed by atoms with Gasteiger partial charge in [-0.15, -0.1) is 11.3 Å². The van der Waals surface area contributed by atoms with Gasteiger partial charge in [0, 0.05) is 6.42 Å². The molecule has 16 heavy (non-hydrogen) atoms. The van der Waals surface area contributed by atoms with Crippen molar-refractivity contribution in [1.29, 1.82) is 0 Å². The Bertz CT molecular complexity index is 438. The molecule has 3 rings (SSSR count). The Hall–Kier alpha value is -0.930. The topological polar surface area (TPSA) is 24.9 Å². The normalized spacial score (nSPS) is 21.4. The standard InChI is InChI=1S/C13H16N2S/c1-2-6-12-11(5-1)15-13(16-12)8-10-4-3-7-14-9-10/h1-2,5-6,10,14H,3-4,7-9H2/t10-/m0/s1. The molecule has 0 unspecified atom stereocenters. The lowest BCUT2D eigenvalue weighted by molar-refractivity contribution is 0.376. The maximum absolute atomic E-state index is 4.70. The highest BCUT2D eigenvalue weighted by Crippen LogP contribution is 2.25. The predicted molar refractivity (Wildman–Crippen MR) is 68.9 cm³/mol. The van der Waals surface area contributed by atoms with Gasteiger partial charge in [0.2, 0.25) is 0 Å². The molecule has 0 aliphatic carbocycles. The number of fused-ring (bicyclic) bond motifs is 1. The summed E-state index contributed by atoms with van der Waals surface area (Å²) >= 11 is 1.85. The predicted octanol–water partition coefficient (Wildman–Crippen LogP) is 2.84. The zero-order valence-corrected chi connectivity index (χ0v) is 10.1. The number of rotatable bonds is 2. The number of hydrogen-bond donors (Lipinski definition) is 1. The molecule has 1 N–H and O–H groups in total. The molecule has 0 radical (unpaired) electrons. The van der Waals surface area contributed by atoms with Crippen molar-refractivity contribution in [1.82, 2.24) is 10.3 Å². The second-order valence-electron chi connectivity index (χ2n) is 4.49. The number of thiazole rings is 1. The van der Waals surface area contributed by atoms with E-state index in [1.807, 2.05) is 11.3 Å². The quantitative estimate of drug-likeness (QED) is 0.861. The SMILES string of the molecule is c1ccc2sc(C[C@@H]3CCCNC3)nc2c1.